The Kier molecular flexibility index (Phi) is 6.94. The number of aryl methyl sites for hydroxylation is 1. The molecule has 0 atom stereocenters. The Balaban J connectivity index is 1.68. The van der Waals surface area contributed by atoms with E-state index < -0.39 is 24.3 Å². The first kappa shape index (κ1) is 18.9. The van der Waals surface area contributed by atoms with Crippen molar-refractivity contribution in [3.63, 3.8) is 0 Å². The second-order valence-electron chi connectivity index (χ2n) is 5.24. The molecule has 0 saturated carbocycles. The number of nitrogens with one attached hydrogen (secondary N) is 1. The highest BCUT2D eigenvalue weighted by Gasteiger charge is 2.10. The van der Waals surface area contributed by atoms with Crippen molar-refractivity contribution in [2.75, 3.05) is 18.5 Å². The summed E-state index contributed by atoms with van der Waals surface area (Å²) in [7, 11) is 0. The third-order valence-corrected chi connectivity index (χ3v) is 3.66. The van der Waals surface area contributed by atoms with Crippen LogP contribution in [0.3, 0.4) is 0 Å². The molecule has 0 unspecified atom stereocenters. The molecule has 0 aromatic heterocycles. The van der Waals surface area contributed by atoms with Crippen molar-refractivity contribution < 1.29 is 23.5 Å². The molecule has 0 aliphatic carbocycles. The maximum atomic E-state index is 13.6. The van der Waals surface area contributed by atoms with Crippen LogP contribution in [0.25, 0.3) is 0 Å². The number of hydrogen-bond acceptors (Lipinski definition) is 4. The monoisotopic (exact) mass is 409 g/mol. The third kappa shape index (κ3) is 6.54. The number of amides is 1. The lowest BCUT2D eigenvalue weighted by molar-refractivity contribution is -0.147. The van der Waals surface area contributed by atoms with E-state index in [2.05, 4.69) is 21.2 Å². The summed E-state index contributed by atoms with van der Waals surface area (Å²) in [5, 5.41) is 2.34. The summed E-state index contributed by atoms with van der Waals surface area (Å²) in [5.41, 5.74) is 1.13. The van der Waals surface area contributed by atoms with Crippen LogP contribution in [0.5, 0.6) is 5.75 Å². The minimum absolute atomic E-state index is 0.00774. The highest BCUT2D eigenvalue weighted by Crippen LogP contribution is 2.19. The Morgan fingerprint density at radius 1 is 1.16 bits per heavy atom. The van der Waals surface area contributed by atoms with Crippen LogP contribution in [0, 0.1) is 12.7 Å². The van der Waals surface area contributed by atoms with Crippen molar-refractivity contribution in [3.8, 4) is 5.75 Å². The van der Waals surface area contributed by atoms with E-state index in [1.165, 1.54) is 12.1 Å². The van der Waals surface area contributed by atoms with Crippen LogP contribution in [-0.2, 0) is 14.3 Å². The number of anilines is 1. The van der Waals surface area contributed by atoms with Gasteiger partial charge in [-0.15, -0.1) is 0 Å². The molecule has 2 aromatic rings. The number of esters is 1. The Bertz CT molecular complexity index is 749. The number of halogens is 2. The van der Waals surface area contributed by atoms with Gasteiger partial charge in [0.1, 0.15) is 11.6 Å². The lowest BCUT2D eigenvalue weighted by atomic mass is 10.2. The SMILES string of the molecule is Cc1ccc(OCCC(=O)OCC(=O)Nc2ccc(Br)cc2F)cc1. The van der Waals surface area contributed by atoms with E-state index in [1.807, 2.05) is 19.1 Å². The first-order chi connectivity index (χ1) is 11.9. The molecule has 132 valence electrons. The molecular weight excluding hydrogens is 393 g/mol. The summed E-state index contributed by atoms with van der Waals surface area (Å²) in [4.78, 5) is 23.3. The molecule has 0 heterocycles. The predicted molar refractivity (Wildman–Crippen MR) is 95.0 cm³/mol. The van der Waals surface area contributed by atoms with E-state index in [9.17, 15) is 14.0 Å². The molecule has 1 amide bonds. The highest BCUT2D eigenvalue weighted by molar-refractivity contribution is 9.10. The summed E-state index contributed by atoms with van der Waals surface area (Å²) in [6.45, 7) is 1.62. The van der Waals surface area contributed by atoms with Crippen LogP contribution < -0.4 is 10.1 Å². The molecule has 2 rings (SSSR count). The van der Waals surface area contributed by atoms with Crippen molar-refractivity contribution in [2.45, 2.75) is 13.3 Å². The molecule has 5 nitrogen and oxygen atoms in total. The van der Waals surface area contributed by atoms with Gasteiger partial charge in [-0.05, 0) is 37.3 Å². The van der Waals surface area contributed by atoms with Gasteiger partial charge >= 0.3 is 5.97 Å². The van der Waals surface area contributed by atoms with E-state index in [-0.39, 0.29) is 18.7 Å². The van der Waals surface area contributed by atoms with Gasteiger partial charge in [-0.25, -0.2) is 4.39 Å². The maximum Gasteiger partial charge on any atom is 0.309 e. The number of ether oxygens (including phenoxy) is 2. The second-order valence-corrected chi connectivity index (χ2v) is 6.16. The Hall–Kier alpha value is -2.41. The average molecular weight is 410 g/mol. The number of benzene rings is 2. The van der Waals surface area contributed by atoms with Gasteiger partial charge in [-0.3, -0.25) is 9.59 Å². The van der Waals surface area contributed by atoms with E-state index in [0.29, 0.717) is 10.2 Å². The lowest BCUT2D eigenvalue weighted by Crippen LogP contribution is -2.22. The first-order valence-electron chi connectivity index (χ1n) is 7.54. The van der Waals surface area contributed by atoms with E-state index >= 15 is 0 Å². The van der Waals surface area contributed by atoms with Gasteiger partial charge in [-0.2, -0.15) is 0 Å². The Labute approximate surface area is 153 Å². The maximum absolute atomic E-state index is 13.6. The van der Waals surface area contributed by atoms with Gasteiger partial charge in [0.2, 0.25) is 0 Å². The number of carbonyl (C=O) groups excluding carboxylic acids is 2. The largest absolute Gasteiger partial charge is 0.493 e. The van der Waals surface area contributed by atoms with Crippen LogP contribution >= 0.6 is 15.9 Å². The lowest BCUT2D eigenvalue weighted by Gasteiger charge is -2.08. The summed E-state index contributed by atoms with van der Waals surface area (Å²) in [6, 6.07) is 11.6. The minimum atomic E-state index is -0.617. The molecule has 0 saturated heterocycles. The zero-order chi connectivity index (χ0) is 18.2. The topological polar surface area (TPSA) is 64.6 Å². The molecule has 0 radical (unpaired) electrons. The van der Waals surface area contributed by atoms with Crippen LogP contribution in [0.2, 0.25) is 0 Å². The zero-order valence-corrected chi connectivity index (χ0v) is 15.1. The fourth-order valence-corrected chi connectivity index (χ4v) is 2.22. The molecule has 0 spiro atoms. The number of rotatable bonds is 7. The molecule has 0 aliphatic heterocycles. The van der Waals surface area contributed by atoms with Crippen molar-refractivity contribution >= 4 is 33.5 Å². The Morgan fingerprint density at radius 3 is 2.56 bits per heavy atom. The van der Waals surface area contributed by atoms with Crippen molar-refractivity contribution in [1.82, 2.24) is 0 Å². The van der Waals surface area contributed by atoms with Crippen LogP contribution in [0.4, 0.5) is 10.1 Å². The standard InChI is InChI=1S/C18H17BrFNO4/c1-12-2-5-14(6-3-12)24-9-8-18(23)25-11-17(22)21-16-7-4-13(19)10-15(16)20/h2-7,10H,8-9,11H2,1H3,(H,21,22). The fourth-order valence-electron chi connectivity index (χ4n) is 1.88. The average Bonchev–Trinajstić information content (AvgIpc) is 2.57. The molecule has 0 bridgehead atoms. The normalized spacial score (nSPS) is 10.2. The molecule has 0 aliphatic rings. The molecular formula is C18H17BrFNO4. The number of carbonyl (C=O) groups is 2. The zero-order valence-electron chi connectivity index (χ0n) is 13.6. The van der Waals surface area contributed by atoms with Gasteiger partial charge in [0.25, 0.3) is 5.91 Å². The molecule has 1 N–H and O–H groups in total. The predicted octanol–water partition coefficient (Wildman–Crippen LogP) is 3.85. The molecule has 7 heteroatoms. The molecule has 0 fully saturated rings. The Morgan fingerprint density at radius 2 is 1.88 bits per heavy atom. The summed E-state index contributed by atoms with van der Waals surface area (Å²) < 4.78 is 24.4. The van der Waals surface area contributed by atoms with Gasteiger partial charge in [0.05, 0.1) is 18.7 Å². The van der Waals surface area contributed by atoms with E-state index in [1.54, 1.807) is 18.2 Å². The smallest absolute Gasteiger partial charge is 0.309 e. The summed E-state index contributed by atoms with van der Waals surface area (Å²) in [6.07, 6.45) is 0.00774. The van der Waals surface area contributed by atoms with E-state index in [4.69, 9.17) is 9.47 Å². The minimum Gasteiger partial charge on any atom is -0.493 e. The van der Waals surface area contributed by atoms with E-state index in [0.717, 1.165) is 5.56 Å². The third-order valence-electron chi connectivity index (χ3n) is 3.17. The van der Waals surface area contributed by atoms with Gasteiger partial charge < -0.3 is 14.8 Å². The molecule has 25 heavy (non-hydrogen) atoms. The summed E-state index contributed by atoms with van der Waals surface area (Å²) in [5.74, 6) is -1.12. The quantitative estimate of drug-likeness (QED) is 0.705. The fraction of sp³-hybridized carbons (Fsp3) is 0.222. The van der Waals surface area contributed by atoms with Gasteiger partial charge in [0.15, 0.2) is 6.61 Å². The molecule has 2 aromatic carbocycles. The van der Waals surface area contributed by atoms with Crippen LogP contribution in [0.1, 0.15) is 12.0 Å². The van der Waals surface area contributed by atoms with Crippen molar-refractivity contribution in [1.29, 1.82) is 0 Å². The van der Waals surface area contributed by atoms with Crippen molar-refractivity contribution in [2.24, 2.45) is 0 Å². The second kappa shape index (κ2) is 9.17. The highest BCUT2D eigenvalue weighted by atomic mass is 79.9. The van der Waals surface area contributed by atoms with Crippen LogP contribution in [0.15, 0.2) is 46.9 Å². The van der Waals surface area contributed by atoms with Gasteiger partial charge in [0, 0.05) is 4.47 Å². The number of hydrogen-bond donors (Lipinski definition) is 1. The van der Waals surface area contributed by atoms with Crippen molar-refractivity contribution in [3.05, 3.63) is 58.3 Å². The van der Waals surface area contributed by atoms with Gasteiger partial charge in [-0.1, -0.05) is 33.6 Å². The summed E-state index contributed by atoms with van der Waals surface area (Å²) >= 11 is 3.12. The van der Waals surface area contributed by atoms with Crippen LogP contribution in [-0.4, -0.2) is 25.1 Å². The first-order valence-corrected chi connectivity index (χ1v) is 8.33.